The summed E-state index contributed by atoms with van der Waals surface area (Å²) in [5, 5.41) is 0. The zero-order chi connectivity index (χ0) is 23.8. The molecule has 0 N–H and O–H groups in total. The number of carbonyl (C=O) groups is 6. The first-order valence-electron chi connectivity index (χ1n) is 9.68. The maximum atomic E-state index is 13.5. The van der Waals surface area contributed by atoms with Crippen LogP contribution in [0.3, 0.4) is 0 Å². The van der Waals surface area contributed by atoms with E-state index >= 15 is 0 Å². The van der Waals surface area contributed by atoms with Gasteiger partial charge < -0.3 is 18.9 Å². The number of benzene rings is 1. The van der Waals surface area contributed by atoms with E-state index in [2.05, 4.69) is 0 Å². The minimum atomic E-state index is -1.92. The highest BCUT2D eigenvalue weighted by atomic mass is 16.5. The summed E-state index contributed by atoms with van der Waals surface area (Å²) in [4.78, 5) is 78.3. The van der Waals surface area contributed by atoms with Gasteiger partial charge in [-0.2, -0.15) is 0 Å². The molecule has 0 saturated heterocycles. The molecule has 2 aliphatic carbocycles. The number of fused-ring (bicyclic) bond motifs is 1. The first-order valence-corrected chi connectivity index (χ1v) is 9.68. The normalized spacial score (nSPS) is 30.9. The van der Waals surface area contributed by atoms with Gasteiger partial charge >= 0.3 is 23.9 Å². The predicted octanol–water partition coefficient (Wildman–Crippen LogP) is -0.137. The van der Waals surface area contributed by atoms with Crippen LogP contribution >= 0.6 is 0 Å². The van der Waals surface area contributed by atoms with Gasteiger partial charge in [-0.05, 0) is 5.56 Å². The number of ether oxygens (including phenoxy) is 4. The van der Waals surface area contributed by atoms with Crippen LogP contribution in [0, 0.1) is 29.6 Å². The second kappa shape index (κ2) is 8.52. The summed E-state index contributed by atoms with van der Waals surface area (Å²) in [5.41, 5.74) is -1.69. The van der Waals surface area contributed by atoms with E-state index in [9.17, 15) is 28.8 Å². The van der Waals surface area contributed by atoms with Gasteiger partial charge in [0, 0.05) is 11.3 Å². The third-order valence-electron chi connectivity index (χ3n) is 6.47. The molecule has 0 aliphatic heterocycles. The highest BCUT2D eigenvalue weighted by Gasteiger charge is 2.79. The Balaban J connectivity index is 2.48. The molecule has 0 amide bonds. The third-order valence-corrected chi connectivity index (χ3v) is 6.47. The van der Waals surface area contributed by atoms with Gasteiger partial charge in [0.1, 0.15) is 23.7 Å². The van der Waals surface area contributed by atoms with Crippen molar-refractivity contribution in [3.63, 3.8) is 0 Å². The Morgan fingerprint density at radius 3 is 1.38 bits per heavy atom. The smallest absolute Gasteiger partial charge is 0.317 e. The van der Waals surface area contributed by atoms with Crippen LogP contribution in [-0.2, 0) is 53.1 Å². The third kappa shape index (κ3) is 2.93. The summed E-state index contributed by atoms with van der Waals surface area (Å²) in [5.74, 6) is -14.3. The lowest BCUT2D eigenvalue weighted by Crippen LogP contribution is -2.49. The van der Waals surface area contributed by atoms with Crippen LogP contribution < -0.4 is 0 Å². The Morgan fingerprint density at radius 1 is 0.656 bits per heavy atom. The first kappa shape index (κ1) is 23.1. The molecule has 2 aliphatic rings. The lowest BCUT2D eigenvalue weighted by Gasteiger charge is -2.37. The van der Waals surface area contributed by atoms with Crippen LogP contribution in [0.15, 0.2) is 30.3 Å². The molecular formula is C22H22O10. The van der Waals surface area contributed by atoms with Gasteiger partial charge in [0.25, 0.3) is 0 Å². The van der Waals surface area contributed by atoms with Gasteiger partial charge in [-0.15, -0.1) is 0 Å². The molecule has 2 saturated carbocycles. The fourth-order valence-corrected chi connectivity index (χ4v) is 5.37. The SMILES string of the molecule is COC(=O)C1C(=O)C(C(=O)OC)C2(c3ccccc3)C(C(=O)OC)C(=O)C(C(=O)OC)C12. The Labute approximate surface area is 183 Å². The monoisotopic (exact) mass is 446 g/mol. The molecule has 10 nitrogen and oxygen atoms in total. The fourth-order valence-electron chi connectivity index (χ4n) is 5.37. The number of hydrogen-bond acceptors (Lipinski definition) is 10. The molecule has 1 aromatic carbocycles. The summed E-state index contributed by atoms with van der Waals surface area (Å²) in [7, 11) is 4.15. The van der Waals surface area contributed by atoms with Crippen molar-refractivity contribution in [1.82, 2.24) is 0 Å². The van der Waals surface area contributed by atoms with Crippen molar-refractivity contribution in [2.45, 2.75) is 5.41 Å². The molecular weight excluding hydrogens is 424 g/mol. The second-order valence-electron chi connectivity index (χ2n) is 7.54. The van der Waals surface area contributed by atoms with Crippen LogP contribution in [-0.4, -0.2) is 63.9 Å². The van der Waals surface area contributed by atoms with Crippen LogP contribution in [0.1, 0.15) is 5.56 Å². The summed E-state index contributed by atoms with van der Waals surface area (Å²) >= 11 is 0. The Morgan fingerprint density at radius 2 is 1.03 bits per heavy atom. The molecule has 3 rings (SSSR count). The van der Waals surface area contributed by atoms with Gasteiger partial charge in [0.2, 0.25) is 0 Å². The van der Waals surface area contributed by atoms with Crippen LogP contribution in [0.4, 0.5) is 0 Å². The molecule has 10 heteroatoms. The van der Waals surface area contributed by atoms with Gasteiger partial charge in [0.05, 0.1) is 28.4 Å². The van der Waals surface area contributed by atoms with Crippen molar-refractivity contribution in [2.24, 2.45) is 29.6 Å². The Bertz CT molecular complexity index is 926. The molecule has 0 heterocycles. The van der Waals surface area contributed by atoms with E-state index < -0.39 is 70.4 Å². The minimum absolute atomic E-state index is 0.232. The lowest BCUT2D eigenvalue weighted by atomic mass is 9.62. The highest BCUT2D eigenvalue weighted by molar-refractivity contribution is 6.20. The molecule has 0 bridgehead atoms. The number of ketones is 2. The number of esters is 4. The fraction of sp³-hybridized carbons (Fsp3) is 0.455. The highest BCUT2D eigenvalue weighted by Crippen LogP contribution is 2.63. The average Bonchev–Trinajstić information content (AvgIpc) is 3.22. The summed E-state index contributed by atoms with van der Waals surface area (Å²) < 4.78 is 19.3. The number of methoxy groups -OCH3 is 4. The van der Waals surface area contributed by atoms with Gasteiger partial charge in [-0.25, -0.2) is 0 Å². The topological polar surface area (TPSA) is 139 Å². The lowest BCUT2D eigenvalue weighted by molar-refractivity contribution is -0.156. The van der Waals surface area contributed by atoms with Gasteiger partial charge in [-0.3, -0.25) is 28.8 Å². The quantitative estimate of drug-likeness (QED) is 0.341. The van der Waals surface area contributed by atoms with E-state index in [-0.39, 0.29) is 5.56 Å². The molecule has 170 valence electrons. The Hall–Kier alpha value is -3.56. The zero-order valence-corrected chi connectivity index (χ0v) is 17.9. The summed E-state index contributed by atoms with van der Waals surface area (Å²) in [6, 6.07) is 7.83. The van der Waals surface area contributed by atoms with Crippen molar-refractivity contribution in [3.05, 3.63) is 35.9 Å². The zero-order valence-electron chi connectivity index (χ0n) is 17.9. The van der Waals surface area contributed by atoms with Crippen LogP contribution in [0.5, 0.6) is 0 Å². The van der Waals surface area contributed by atoms with E-state index in [0.717, 1.165) is 28.4 Å². The van der Waals surface area contributed by atoms with E-state index in [1.165, 1.54) is 12.1 Å². The van der Waals surface area contributed by atoms with E-state index in [1.54, 1.807) is 18.2 Å². The van der Waals surface area contributed by atoms with Crippen molar-refractivity contribution in [3.8, 4) is 0 Å². The molecule has 4 unspecified atom stereocenters. The number of carbonyl (C=O) groups excluding carboxylic acids is 6. The van der Waals surface area contributed by atoms with Crippen molar-refractivity contribution in [1.29, 1.82) is 0 Å². The molecule has 0 radical (unpaired) electrons. The summed E-state index contributed by atoms with van der Waals surface area (Å²) in [6.07, 6.45) is 0. The average molecular weight is 446 g/mol. The standard InChI is InChI=1S/C22H22O10/c1-29-18(25)11-13-12(19(26)30-2)17(24)15(21(28)32-4)22(13,10-8-6-5-7-9-10)14(16(11)23)20(27)31-3/h5-9,11-15H,1-4H3. The molecule has 0 aromatic heterocycles. The molecule has 1 aromatic rings. The van der Waals surface area contributed by atoms with Gasteiger partial charge in [-0.1, -0.05) is 30.3 Å². The van der Waals surface area contributed by atoms with Gasteiger partial charge in [0.15, 0.2) is 11.6 Å². The maximum Gasteiger partial charge on any atom is 0.317 e. The predicted molar refractivity (Wildman–Crippen MR) is 104 cm³/mol. The number of hydrogen-bond donors (Lipinski definition) is 0. The van der Waals surface area contributed by atoms with E-state index in [0.29, 0.717) is 0 Å². The van der Waals surface area contributed by atoms with E-state index in [4.69, 9.17) is 18.9 Å². The maximum absolute atomic E-state index is 13.5. The number of Topliss-reactive ketones (excluding diaryl/α,β-unsaturated/α-hetero) is 2. The Kier molecular flexibility index (Phi) is 6.16. The molecule has 4 atom stereocenters. The van der Waals surface area contributed by atoms with Crippen LogP contribution in [0.25, 0.3) is 0 Å². The molecule has 0 spiro atoms. The summed E-state index contributed by atoms with van der Waals surface area (Å²) in [6.45, 7) is 0. The van der Waals surface area contributed by atoms with Crippen molar-refractivity contribution in [2.75, 3.05) is 28.4 Å². The molecule has 2 fully saturated rings. The largest absolute Gasteiger partial charge is 0.468 e. The van der Waals surface area contributed by atoms with E-state index in [1.807, 2.05) is 0 Å². The van der Waals surface area contributed by atoms with Crippen LogP contribution in [0.2, 0.25) is 0 Å². The van der Waals surface area contributed by atoms with Crippen molar-refractivity contribution >= 4 is 35.4 Å². The number of rotatable bonds is 5. The first-order chi connectivity index (χ1) is 15.2. The van der Waals surface area contributed by atoms with Crippen molar-refractivity contribution < 1.29 is 47.7 Å². The molecule has 32 heavy (non-hydrogen) atoms. The minimum Gasteiger partial charge on any atom is -0.468 e. The second-order valence-corrected chi connectivity index (χ2v) is 7.54.